The molecule has 2 aromatic carbocycles. The Balaban J connectivity index is 1.87. The number of benzene rings is 2. The van der Waals surface area contributed by atoms with E-state index in [1.165, 1.54) is 17.1 Å². The van der Waals surface area contributed by atoms with Gasteiger partial charge in [-0.15, -0.1) is 11.8 Å². The van der Waals surface area contributed by atoms with E-state index in [1.54, 1.807) is 11.8 Å². The summed E-state index contributed by atoms with van der Waals surface area (Å²) in [6.07, 6.45) is 2.01. The molecule has 9 heteroatoms. The summed E-state index contributed by atoms with van der Waals surface area (Å²) in [6, 6.07) is 8.17. The zero-order chi connectivity index (χ0) is 18.8. The molecule has 1 heterocycles. The van der Waals surface area contributed by atoms with Gasteiger partial charge in [0.25, 0.3) is 0 Å². The lowest BCUT2D eigenvalue weighted by molar-refractivity contribution is -0.119. The van der Waals surface area contributed by atoms with Gasteiger partial charge in [0.1, 0.15) is 5.75 Å². The summed E-state index contributed by atoms with van der Waals surface area (Å²) in [6.45, 7) is 1.97. The molecule has 0 saturated carbocycles. The number of carbonyl (C=O) groups excluding carboxylic acids is 2. The van der Waals surface area contributed by atoms with Crippen molar-refractivity contribution in [1.29, 1.82) is 0 Å². The molecule has 0 spiro atoms. The summed E-state index contributed by atoms with van der Waals surface area (Å²) in [7, 11) is 0. The molecule has 3 rings (SSSR count). The smallest absolute Gasteiger partial charge is 0.343 e. The van der Waals surface area contributed by atoms with E-state index in [2.05, 4.69) is 10.7 Å². The van der Waals surface area contributed by atoms with Gasteiger partial charge < -0.3 is 4.74 Å². The topological polar surface area (TPSA) is 70.7 Å². The highest BCUT2D eigenvalue weighted by molar-refractivity contribution is 7.98. The quantitative estimate of drug-likeness (QED) is 0.730. The van der Waals surface area contributed by atoms with Crippen LogP contribution in [-0.4, -0.2) is 24.7 Å². The fourth-order valence-corrected chi connectivity index (χ4v) is 3.59. The van der Waals surface area contributed by atoms with Gasteiger partial charge in [-0.25, -0.2) is 15.2 Å². The summed E-state index contributed by atoms with van der Waals surface area (Å²) >= 11 is 14.3. The second-order valence-corrected chi connectivity index (χ2v) is 7.16. The molecule has 0 atom stereocenters. The van der Waals surface area contributed by atoms with Crippen LogP contribution >= 0.6 is 35.0 Å². The second-order valence-electron chi connectivity index (χ2n) is 5.50. The average Bonchev–Trinajstić information content (AvgIpc) is 2.58. The van der Waals surface area contributed by atoms with Crippen LogP contribution < -0.4 is 20.5 Å². The lowest BCUT2D eigenvalue weighted by Crippen LogP contribution is -2.59. The van der Waals surface area contributed by atoms with E-state index in [-0.39, 0.29) is 16.6 Å². The minimum Gasteiger partial charge on any atom is -0.454 e. The first-order valence-corrected chi connectivity index (χ1v) is 9.56. The number of nitrogens with one attached hydrogen (secondary N) is 2. The Kier molecular flexibility index (Phi) is 5.62. The van der Waals surface area contributed by atoms with E-state index < -0.39 is 11.9 Å². The molecule has 26 heavy (non-hydrogen) atoms. The number of rotatable bonds is 4. The molecule has 2 aromatic rings. The molecule has 2 N–H and O–H groups in total. The first kappa shape index (κ1) is 18.8. The molecule has 1 aliphatic rings. The molecule has 0 radical (unpaired) electrons. The SMILES string of the molecule is CSc1ccc(Oc2c(Cl)cc(N3NCC(=O)NC3=O)cc2Cl)cc1C. The average molecular weight is 412 g/mol. The van der Waals surface area contributed by atoms with E-state index in [1.807, 2.05) is 31.4 Å². The van der Waals surface area contributed by atoms with Crippen LogP contribution in [0.2, 0.25) is 10.0 Å². The van der Waals surface area contributed by atoms with Crippen molar-refractivity contribution >= 4 is 52.6 Å². The van der Waals surface area contributed by atoms with Gasteiger partial charge in [0, 0.05) is 4.90 Å². The lowest BCUT2D eigenvalue weighted by Gasteiger charge is -2.27. The number of halogens is 2. The Labute approximate surface area is 164 Å². The Bertz CT molecular complexity index is 869. The largest absolute Gasteiger partial charge is 0.454 e. The van der Waals surface area contributed by atoms with Crippen molar-refractivity contribution in [2.45, 2.75) is 11.8 Å². The van der Waals surface area contributed by atoms with Gasteiger partial charge in [0.2, 0.25) is 5.91 Å². The van der Waals surface area contributed by atoms with Crippen LogP contribution in [0.1, 0.15) is 5.56 Å². The van der Waals surface area contributed by atoms with Gasteiger partial charge in [-0.05, 0) is 49.1 Å². The first-order chi connectivity index (χ1) is 12.4. The van der Waals surface area contributed by atoms with E-state index in [0.717, 1.165) is 10.5 Å². The maximum atomic E-state index is 11.9. The number of amides is 3. The number of hydrazine groups is 1. The third-order valence-corrected chi connectivity index (χ3v) is 5.13. The Morgan fingerprint density at radius 3 is 2.42 bits per heavy atom. The second kappa shape index (κ2) is 7.75. The van der Waals surface area contributed by atoms with Crippen LogP contribution in [0.3, 0.4) is 0 Å². The van der Waals surface area contributed by atoms with Crippen molar-refractivity contribution in [3.8, 4) is 11.5 Å². The summed E-state index contributed by atoms with van der Waals surface area (Å²) in [5, 5.41) is 3.85. The predicted molar refractivity (Wildman–Crippen MR) is 104 cm³/mol. The summed E-state index contributed by atoms with van der Waals surface area (Å²) < 4.78 is 5.84. The van der Waals surface area contributed by atoms with Crippen LogP contribution in [0, 0.1) is 6.92 Å². The normalized spacial score (nSPS) is 14.4. The molecule has 1 aliphatic heterocycles. The van der Waals surface area contributed by atoms with E-state index in [0.29, 0.717) is 17.2 Å². The summed E-state index contributed by atoms with van der Waals surface area (Å²) in [5.74, 6) is 0.491. The van der Waals surface area contributed by atoms with Crippen LogP contribution in [0.4, 0.5) is 10.5 Å². The summed E-state index contributed by atoms with van der Waals surface area (Å²) in [5.41, 5.74) is 4.17. The van der Waals surface area contributed by atoms with Crippen molar-refractivity contribution in [2.24, 2.45) is 0 Å². The number of hydrogen-bond donors (Lipinski definition) is 2. The number of hydrogen-bond acceptors (Lipinski definition) is 5. The molecule has 0 bridgehead atoms. The molecule has 0 aliphatic carbocycles. The summed E-state index contributed by atoms with van der Waals surface area (Å²) in [4.78, 5) is 24.3. The molecule has 0 unspecified atom stereocenters. The van der Waals surface area contributed by atoms with E-state index in [9.17, 15) is 9.59 Å². The number of carbonyl (C=O) groups is 2. The van der Waals surface area contributed by atoms with Gasteiger partial charge in [-0.2, -0.15) is 0 Å². The van der Waals surface area contributed by atoms with Gasteiger partial charge >= 0.3 is 6.03 Å². The highest BCUT2D eigenvalue weighted by Gasteiger charge is 2.25. The van der Waals surface area contributed by atoms with Gasteiger partial charge in [0.15, 0.2) is 5.75 Å². The van der Waals surface area contributed by atoms with Crippen molar-refractivity contribution in [3.05, 3.63) is 45.9 Å². The molecule has 0 aromatic heterocycles. The lowest BCUT2D eigenvalue weighted by atomic mass is 10.2. The zero-order valence-corrected chi connectivity index (χ0v) is 16.3. The number of urea groups is 1. The maximum absolute atomic E-state index is 11.9. The van der Waals surface area contributed by atoms with Crippen LogP contribution in [0.25, 0.3) is 0 Å². The predicted octanol–water partition coefficient (Wildman–Crippen LogP) is 4.38. The van der Waals surface area contributed by atoms with Crippen LogP contribution in [0.15, 0.2) is 35.2 Å². The number of nitrogens with zero attached hydrogens (tertiary/aromatic N) is 1. The molecular weight excluding hydrogens is 397 g/mol. The molecule has 6 nitrogen and oxygen atoms in total. The fraction of sp³-hybridized carbons (Fsp3) is 0.176. The third-order valence-electron chi connectivity index (χ3n) is 3.67. The number of imide groups is 1. The standard InChI is InChI=1S/C17H15Cl2N3O3S/c1-9-5-11(3-4-14(9)26-2)25-16-12(18)6-10(7-13(16)19)22-17(24)21-15(23)8-20-22/h3-7,20H,8H2,1-2H3,(H,21,23,24). The fourth-order valence-electron chi connectivity index (χ4n) is 2.46. The zero-order valence-electron chi connectivity index (χ0n) is 13.9. The molecular formula is C17H15Cl2N3O3S. The van der Waals surface area contributed by atoms with Crippen LogP contribution in [-0.2, 0) is 4.79 Å². The van der Waals surface area contributed by atoms with E-state index >= 15 is 0 Å². The number of thioether (sulfide) groups is 1. The van der Waals surface area contributed by atoms with Crippen molar-refractivity contribution in [2.75, 3.05) is 17.8 Å². The van der Waals surface area contributed by atoms with Crippen molar-refractivity contribution in [3.63, 3.8) is 0 Å². The molecule has 3 amide bonds. The number of ether oxygens (including phenoxy) is 1. The maximum Gasteiger partial charge on any atom is 0.343 e. The Morgan fingerprint density at radius 2 is 1.85 bits per heavy atom. The number of anilines is 1. The number of aryl methyl sites for hydroxylation is 1. The Morgan fingerprint density at radius 1 is 1.15 bits per heavy atom. The van der Waals surface area contributed by atoms with Crippen LogP contribution in [0.5, 0.6) is 11.5 Å². The third kappa shape index (κ3) is 3.91. The van der Waals surface area contributed by atoms with E-state index in [4.69, 9.17) is 27.9 Å². The van der Waals surface area contributed by atoms with Gasteiger partial charge in [-0.3, -0.25) is 10.1 Å². The molecule has 1 saturated heterocycles. The van der Waals surface area contributed by atoms with Crippen molar-refractivity contribution in [1.82, 2.24) is 10.7 Å². The van der Waals surface area contributed by atoms with Crippen molar-refractivity contribution < 1.29 is 14.3 Å². The Hall–Kier alpha value is -1.93. The van der Waals surface area contributed by atoms with Gasteiger partial charge in [0.05, 0.1) is 22.3 Å². The monoisotopic (exact) mass is 411 g/mol. The first-order valence-electron chi connectivity index (χ1n) is 7.58. The highest BCUT2D eigenvalue weighted by Crippen LogP contribution is 2.40. The molecule has 136 valence electrons. The minimum atomic E-state index is -0.606. The highest BCUT2D eigenvalue weighted by atomic mass is 35.5. The molecule has 1 fully saturated rings. The minimum absolute atomic E-state index is 0.0275. The van der Waals surface area contributed by atoms with Gasteiger partial charge in [-0.1, -0.05) is 23.2 Å².